The third-order valence-corrected chi connectivity index (χ3v) is 6.66. The van der Waals surface area contributed by atoms with E-state index in [1.807, 2.05) is 55.2 Å². The molecule has 3 rings (SSSR count). The molecule has 0 spiro atoms. The van der Waals surface area contributed by atoms with Crippen LogP contribution in [0, 0.1) is 0 Å². The second-order valence-electron chi connectivity index (χ2n) is 5.60. The molecule has 2 N–H and O–H groups in total. The molecule has 0 aliphatic rings. The normalized spacial score (nSPS) is 11.0. The maximum absolute atomic E-state index is 11.9. The van der Waals surface area contributed by atoms with Gasteiger partial charge in [0.25, 0.3) is 0 Å². The summed E-state index contributed by atoms with van der Waals surface area (Å²) in [5.41, 5.74) is 1.57. The highest BCUT2D eigenvalue weighted by Crippen LogP contribution is 2.42. The molecule has 3 aromatic rings. The third-order valence-electron chi connectivity index (χ3n) is 4.23. The third kappa shape index (κ3) is 3.41. The number of phenolic OH excluding ortho intramolecular Hbond substituents is 1. The molecule has 3 aromatic carbocycles. The molecule has 0 unspecified atom stereocenters. The van der Waals surface area contributed by atoms with Crippen molar-refractivity contribution in [3.05, 3.63) is 48.0 Å². The Morgan fingerprint density at radius 1 is 0.846 bits per heavy atom. The van der Waals surface area contributed by atoms with E-state index in [-0.39, 0.29) is 11.3 Å². The molecule has 0 aliphatic heterocycles. The predicted octanol–water partition coefficient (Wildman–Crippen LogP) is 6.08. The van der Waals surface area contributed by atoms with Crippen molar-refractivity contribution >= 4 is 52.0 Å². The molecule has 0 bridgehead atoms. The first-order valence-electron chi connectivity index (χ1n) is 7.79. The van der Waals surface area contributed by atoms with Crippen LogP contribution in [0.1, 0.15) is 10.4 Å². The first kappa shape index (κ1) is 19.0. The van der Waals surface area contributed by atoms with Crippen LogP contribution in [0.5, 0.6) is 5.75 Å². The van der Waals surface area contributed by atoms with Crippen molar-refractivity contribution in [2.75, 3.05) is 18.8 Å². The lowest BCUT2D eigenvalue weighted by molar-refractivity contribution is 0.0697. The minimum Gasteiger partial charge on any atom is -0.507 e. The molecular formula is C20H18O3S3. The SMILES string of the molecule is CSc1ccc(-c2c(C(=O)O)cc(O)c3cc(SC)c(SC)cc23)cc1. The van der Waals surface area contributed by atoms with Crippen molar-refractivity contribution in [3.8, 4) is 16.9 Å². The fraction of sp³-hybridized carbons (Fsp3) is 0.150. The van der Waals surface area contributed by atoms with E-state index in [9.17, 15) is 15.0 Å². The summed E-state index contributed by atoms with van der Waals surface area (Å²) >= 11 is 4.86. The van der Waals surface area contributed by atoms with E-state index >= 15 is 0 Å². The average Bonchev–Trinajstić information content (AvgIpc) is 2.66. The number of hydrogen-bond acceptors (Lipinski definition) is 5. The molecule has 0 aromatic heterocycles. The second kappa shape index (κ2) is 7.86. The number of thioether (sulfide) groups is 3. The van der Waals surface area contributed by atoms with Crippen molar-refractivity contribution < 1.29 is 15.0 Å². The van der Waals surface area contributed by atoms with E-state index in [2.05, 4.69) is 0 Å². The van der Waals surface area contributed by atoms with E-state index in [0.717, 1.165) is 25.6 Å². The van der Waals surface area contributed by atoms with E-state index < -0.39 is 5.97 Å². The molecule has 134 valence electrons. The Bertz CT molecular complexity index is 982. The summed E-state index contributed by atoms with van der Waals surface area (Å²) in [4.78, 5) is 15.1. The number of hydrogen-bond donors (Lipinski definition) is 2. The highest BCUT2D eigenvalue weighted by Gasteiger charge is 2.20. The first-order chi connectivity index (χ1) is 12.5. The van der Waals surface area contributed by atoms with Gasteiger partial charge in [-0.3, -0.25) is 0 Å². The molecule has 0 amide bonds. The minimum absolute atomic E-state index is 0.00941. The van der Waals surface area contributed by atoms with Gasteiger partial charge in [-0.1, -0.05) is 12.1 Å². The number of carboxylic acids is 1. The van der Waals surface area contributed by atoms with Crippen LogP contribution < -0.4 is 0 Å². The Balaban J connectivity index is 2.41. The lowest BCUT2D eigenvalue weighted by atomic mass is 9.92. The molecule has 0 heterocycles. The summed E-state index contributed by atoms with van der Waals surface area (Å²) in [6, 6.07) is 13.1. The number of phenols is 1. The zero-order valence-corrected chi connectivity index (χ0v) is 17.0. The molecular weight excluding hydrogens is 384 g/mol. The Labute approximate surface area is 165 Å². The Morgan fingerprint density at radius 2 is 1.42 bits per heavy atom. The van der Waals surface area contributed by atoms with Gasteiger partial charge in [0.2, 0.25) is 0 Å². The van der Waals surface area contributed by atoms with Crippen LogP contribution in [0.2, 0.25) is 0 Å². The molecule has 6 heteroatoms. The van der Waals surface area contributed by atoms with E-state index in [1.165, 1.54) is 6.07 Å². The van der Waals surface area contributed by atoms with E-state index in [0.29, 0.717) is 10.9 Å². The maximum atomic E-state index is 11.9. The summed E-state index contributed by atoms with van der Waals surface area (Å²) in [5, 5.41) is 21.6. The summed E-state index contributed by atoms with van der Waals surface area (Å²) in [5.74, 6) is -1.06. The molecule has 3 nitrogen and oxygen atoms in total. The van der Waals surface area contributed by atoms with Gasteiger partial charge in [0.1, 0.15) is 5.75 Å². The predicted molar refractivity (Wildman–Crippen MR) is 113 cm³/mol. The van der Waals surface area contributed by atoms with Crippen LogP contribution in [0.3, 0.4) is 0 Å². The minimum atomic E-state index is -1.05. The van der Waals surface area contributed by atoms with Gasteiger partial charge >= 0.3 is 5.97 Å². The van der Waals surface area contributed by atoms with Crippen LogP contribution in [-0.2, 0) is 0 Å². The Morgan fingerprint density at radius 3 is 1.92 bits per heavy atom. The zero-order valence-electron chi connectivity index (χ0n) is 14.6. The van der Waals surface area contributed by atoms with Crippen molar-refractivity contribution in [1.29, 1.82) is 0 Å². The van der Waals surface area contributed by atoms with Crippen molar-refractivity contribution in [1.82, 2.24) is 0 Å². The number of aromatic hydroxyl groups is 1. The van der Waals surface area contributed by atoms with Gasteiger partial charge < -0.3 is 10.2 Å². The maximum Gasteiger partial charge on any atom is 0.336 e. The summed E-state index contributed by atoms with van der Waals surface area (Å²) in [6.45, 7) is 0. The molecule has 0 radical (unpaired) electrons. The van der Waals surface area contributed by atoms with Gasteiger partial charge in [-0.2, -0.15) is 0 Å². The van der Waals surface area contributed by atoms with Gasteiger partial charge in [-0.15, -0.1) is 35.3 Å². The lowest BCUT2D eigenvalue weighted by Crippen LogP contribution is -2.01. The van der Waals surface area contributed by atoms with Gasteiger partial charge in [0.15, 0.2) is 0 Å². The summed E-state index contributed by atoms with van der Waals surface area (Å²) in [7, 11) is 0. The smallest absolute Gasteiger partial charge is 0.336 e. The van der Waals surface area contributed by atoms with E-state index in [1.54, 1.807) is 35.3 Å². The largest absolute Gasteiger partial charge is 0.507 e. The van der Waals surface area contributed by atoms with Crippen molar-refractivity contribution in [2.24, 2.45) is 0 Å². The zero-order chi connectivity index (χ0) is 18.8. The number of benzene rings is 3. The fourth-order valence-corrected chi connectivity index (χ4v) is 4.87. The lowest BCUT2D eigenvalue weighted by Gasteiger charge is -2.15. The average molecular weight is 403 g/mol. The molecule has 26 heavy (non-hydrogen) atoms. The van der Waals surface area contributed by atoms with Gasteiger partial charge in [-0.25, -0.2) is 4.79 Å². The van der Waals surface area contributed by atoms with E-state index in [4.69, 9.17) is 0 Å². The monoisotopic (exact) mass is 402 g/mol. The van der Waals surface area contributed by atoms with Gasteiger partial charge in [-0.05, 0) is 60.0 Å². The van der Waals surface area contributed by atoms with Crippen LogP contribution in [-0.4, -0.2) is 34.9 Å². The van der Waals surface area contributed by atoms with Crippen molar-refractivity contribution in [2.45, 2.75) is 14.7 Å². The van der Waals surface area contributed by atoms with Crippen LogP contribution in [0.15, 0.2) is 57.2 Å². The van der Waals surface area contributed by atoms with Gasteiger partial charge in [0, 0.05) is 25.6 Å². The molecule has 0 fully saturated rings. The highest BCUT2D eigenvalue weighted by atomic mass is 32.2. The standard InChI is InChI=1S/C20H18O3S3/c1-24-12-6-4-11(5-7-12)19-14-10-18(26-3)17(25-2)9-13(14)16(21)8-15(19)20(22)23/h4-10,21H,1-3H3,(H,22,23). The number of aromatic carboxylic acids is 1. The second-order valence-corrected chi connectivity index (χ2v) is 8.18. The summed E-state index contributed by atoms with van der Waals surface area (Å²) in [6.07, 6.45) is 5.99. The summed E-state index contributed by atoms with van der Waals surface area (Å²) < 4.78 is 0. The Kier molecular flexibility index (Phi) is 5.75. The number of carbonyl (C=O) groups is 1. The van der Waals surface area contributed by atoms with Crippen LogP contribution in [0.4, 0.5) is 0 Å². The highest BCUT2D eigenvalue weighted by molar-refractivity contribution is 8.01. The van der Waals surface area contributed by atoms with Crippen LogP contribution in [0.25, 0.3) is 21.9 Å². The van der Waals surface area contributed by atoms with Crippen molar-refractivity contribution in [3.63, 3.8) is 0 Å². The fourth-order valence-electron chi connectivity index (χ4n) is 2.97. The van der Waals surface area contributed by atoms with Crippen LogP contribution >= 0.6 is 35.3 Å². The first-order valence-corrected chi connectivity index (χ1v) is 11.5. The molecule has 0 saturated heterocycles. The Hall–Kier alpha value is -1.76. The molecule has 0 aliphatic carbocycles. The number of carboxylic acid groups (broad SMARTS) is 1. The number of rotatable bonds is 5. The number of fused-ring (bicyclic) bond motifs is 1. The molecule has 0 saturated carbocycles. The quantitative estimate of drug-likeness (QED) is 0.505. The topological polar surface area (TPSA) is 57.5 Å². The molecule has 0 atom stereocenters. The van der Waals surface area contributed by atoms with Gasteiger partial charge in [0.05, 0.1) is 5.56 Å².